The van der Waals surface area contributed by atoms with Crippen molar-refractivity contribution in [3.05, 3.63) is 133 Å². The van der Waals surface area contributed by atoms with Crippen LogP contribution in [0.25, 0.3) is 87.5 Å². The van der Waals surface area contributed by atoms with Crippen molar-refractivity contribution in [2.24, 2.45) is 0 Å². The quantitative estimate of drug-likeness (QED) is 0.210. The van der Waals surface area contributed by atoms with Crippen LogP contribution in [0.5, 0.6) is 0 Å². The van der Waals surface area contributed by atoms with Crippen molar-refractivity contribution in [2.45, 2.75) is 0 Å². The third-order valence-electron chi connectivity index (χ3n) is 7.21. The molecule has 0 amide bonds. The van der Waals surface area contributed by atoms with Gasteiger partial charge in [0.2, 0.25) is 0 Å². The van der Waals surface area contributed by atoms with Gasteiger partial charge in [-0.1, -0.05) is 90.7 Å². The fourth-order valence-corrected chi connectivity index (χ4v) is 5.46. The van der Waals surface area contributed by atoms with Crippen LogP contribution in [0.3, 0.4) is 0 Å². The predicted molar refractivity (Wildman–Crippen MR) is 167 cm³/mol. The Morgan fingerprint density at radius 2 is 1.10 bits per heavy atom. The maximum absolute atomic E-state index is 9.36. The molecule has 0 radical (unpaired) electrons. The zero-order chi connectivity index (χ0) is 39.3. The topological polar surface area (TPSA) is 26.3 Å². The second-order valence-corrected chi connectivity index (χ2v) is 9.37. The molecule has 0 atom stereocenters. The fourth-order valence-electron chi connectivity index (χ4n) is 5.46. The van der Waals surface area contributed by atoms with Gasteiger partial charge in [0.1, 0.15) is 16.7 Å². The van der Waals surface area contributed by atoms with Gasteiger partial charge in [-0.2, -0.15) is 0 Å². The Bertz CT molecular complexity index is 3190. The number of furan rings is 2. The SMILES string of the molecule is [2H]c1c([2H])c([2H])c2c([2H])c(-c3c4c([2H])c([2H])c([2H])c([2H])c4c(-c4ccc5c(c4)oc4cc6ccoc6cc45)c4c([2H])c([2H])c([2H])c([2H])c34)c([2H])c([2H])c2c1[2H]. The second-order valence-electron chi connectivity index (χ2n) is 9.37. The number of benzene rings is 7. The number of fused-ring (bicyclic) bond motifs is 7. The van der Waals surface area contributed by atoms with Crippen molar-refractivity contribution in [1.82, 2.24) is 0 Å². The van der Waals surface area contributed by atoms with Crippen LogP contribution in [-0.2, 0) is 0 Å². The Labute approximate surface area is 250 Å². The average molecular weight is 526 g/mol. The molecular weight excluding hydrogens is 488 g/mol. The van der Waals surface area contributed by atoms with E-state index in [-0.39, 0.29) is 38.2 Å². The zero-order valence-electron chi connectivity index (χ0n) is 35.4. The summed E-state index contributed by atoms with van der Waals surface area (Å²) in [6, 6.07) is 0.272. The van der Waals surface area contributed by atoms with Gasteiger partial charge in [-0.3, -0.25) is 0 Å². The van der Waals surface area contributed by atoms with Crippen LogP contribution in [0.4, 0.5) is 0 Å². The Hall–Kier alpha value is -5.34. The molecule has 9 aromatic rings. The molecule has 2 heteroatoms. The first-order valence-electron chi connectivity index (χ1n) is 19.9. The molecule has 0 aliphatic carbocycles. The molecule has 0 unspecified atom stereocenters. The van der Waals surface area contributed by atoms with Crippen LogP contribution < -0.4 is 0 Å². The van der Waals surface area contributed by atoms with Crippen molar-refractivity contribution in [2.75, 3.05) is 0 Å². The first-order valence-corrected chi connectivity index (χ1v) is 12.4. The van der Waals surface area contributed by atoms with Gasteiger partial charge in [-0.25, -0.2) is 0 Å². The predicted octanol–water partition coefficient (Wildman–Crippen LogP) is 11.1. The molecule has 2 aromatic heterocycles. The average Bonchev–Trinajstić information content (AvgIpc) is 3.78. The first-order chi connectivity index (χ1) is 26.1. The summed E-state index contributed by atoms with van der Waals surface area (Å²) in [5.41, 5.74) is 0.891. The Morgan fingerprint density at radius 1 is 0.450 bits per heavy atom. The van der Waals surface area contributed by atoms with Gasteiger partial charge in [0, 0.05) is 16.2 Å². The maximum Gasteiger partial charge on any atom is 0.136 e. The molecule has 40 heavy (non-hydrogen) atoms. The highest BCUT2D eigenvalue weighted by atomic mass is 16.3. The third kappa shape index (κ3) is 3.05. The van der Waals surface area contributed by atoms with Crippen molar-refractivity contribution < 1.29 is 29.4 Å². The molecule has 0 aliphatic rings. The van der Waals surface area contributed by atoms with Gasteiger partial charge in [-0.15, -0.1) is 0 Å². The lowest BCUT2D eigenvalue weighted by Crippen LogP contribution is -1.91. The molecule has 0 saturated heterocycles. The van der Waals surface area contributed by atoms with E-state index in [0.717, 1.165) is 10.8 Å². The molecule has 7 aromatic carbocycles. The second kappa shape index (κ2) is 8.08. The largest absolute Gasteiger partial charge is 0.464 e. The molecule has 0 N–H and O–H groups in total. The molecule has 186 valence electrons. The summed E-state index contributed by atoms with van der Waals surface area (Å²) in [6.45, 7) is 0. The van der Waals surface area contributed by atoms with E-state index in [1.54, 1.807) is 30.5 Å². The van der Waals surface area contributed by atoms with Crippen LogP contribution in [0, 0.1) is 0 Å². The zero-order valence-corrected chi connectivity index (χ0v) is 20.4. The van der Waals surface area contributed by atoms with E-state index < -0.39 is 107 Å². The van der Waals surface area contributed by atoms with Gasteiger partial charge in [0.25, 0.3) is 0 Å². The lowest BCUT2D eigenvalue weighted by molar-refractivity contribution is 0.616. The van der Waals surface area contributed by atoms with E-state index in [2.05, 4.69) is 0 Å². The standard InChI is InChI=1S/C38H22O2/c1-2-8-24-19-26(14-13-23(24)7-1)37-29-9-3-5-11-31(29)38(32-12-6-4-10-30(32)37)27-15-16-28-33-22-34-25(17-18-39-34)20-36(33)40-35(28)21-27/h1-22H/i1D,2D,3D,4D,5D,6D,7D,8D,9D,10D,11D,12D,13D,14D,19D. The number of hydrogen-bond donors (Lipinski definition) is 0. The minimum Gasteiger partial charge on any atom is -0.464 e. The molecule has 9 rings (SSSR count). The van der Waals surface area contributed by atoms with E-state index in [9.17, 15) is 8.22 Å². The normalized spacial score (nSPS) is 17.2. The van der Waals surface area contributed by atoms with Gasteiger partial charge >= 0.3 is 0 Å². The van der Waals surface area contributed by atoms with E-state index in [1.807, 2.05) is 12.1 Å². The summed E-state index contributed by atoms with van der Waals surface area (Å²) in [4.78, 5) is 0. The van der Waals surface area contributed by atoms with Crippen molar-refractivity contribution in [3.63, 3.8) is 0 Å². The molecule has 0 saturated carbocycles. The first kappa shape index (κ1) is 11.8. The minimum absolute atomic E-state index is 0.00395. The van der Waals surface area contributed by atoms with Crippen LogP contribution in [0.15, 0.2) is 142 Å². The summed E-state index contributed by atoms with van der Waals surface area (Å²) in [7, 11) is 0. The van der Waals surface area contributed by atoms with Gasteiger partial charge < -0.3 is 8.83 Å². The monoisotopic (exact) mass is 525 g/mol. The van der Waals surface area contributed by atoms with Gasteiger partial charge in [0.05, 0.1) is 26.8 Å². The van der Waals surface area contributed by atoms with Crippen LogP contribution in [-0.4, -0.2) is 0 Å². The lowest BCUT2D eigenvalue weighted by atomic mass is 9.85. The smallest absolute Gasteiger partial charge is 0.136 e. The molecule has 0 bridgehead atoms. The Morgan fingerprint density at radius 3 is 1.85 bits per heavy atom. The molecular formula is C38H22O2. The van der Waals surface area contributed by atoms with Crippen molar-refractivity contribution >= 4 is 65.2 Å². The summed E-state index contributed by atoms with van der Waals surface area (Å²) in [5, 5.41) is 0.321. The highest BCUT2D eigenvalue weighted by Crippen LogP contribution is 2.45. The molecule has 2 heterocycles. The molecule has 0 aliphatic heterocycles. The van der Waals surface area contributed by atoms with E-state index in [4.69, 9.17) is 21.2 Å². The van der Waals surface area contributed by atoms with Crippen molar-refractivity contribution in [3.8, 4) is 22.3 Å². The van der Waals surface area contributed by atoms with Gasteiger partial charge in [0.15, 0.2) is 0 Å². The lowest BCUT2D eigenvalue weighted by Gasteiger charge is -2.18. The molecule has 2 nitrogen and oxygen atoms in total. The molecule has 0 spiro atoms. The maximum atomic E-state index is 9.36. The van der Waals surface area contributed by atoms with Crippen LogP contribution in [0.2, 0.25) is 0 Å². The summed E-state index contributed by atoms with van der Waals surface area (Å²) in [6.07, 6.45) is 1.56. The minimum atomic E-state index is -0.743. The third-order valence-corrected chi connectivity index (χ3v) is 7.21. The Kier molecular flexibility index (Phi) is 2.39. The van der Waals surface area contributed by atoms with Crippen LogP contribution in [0.1, 0.15) is 20.6 Å². The number of hydrogen-bond acceptors (Lipinski definition) is 2. The summed E-state index contributed by atoms with van der Waals surface area (Å²) >= 11 is 0. The molecule has 0 fully saturated rings. The highest BCUT2D eigenvalue weighted by Gasteiger charge is 2.18. The van der Waals surface area contributed by atoms with E-state index in [0.29, 0.717) is 22.1 Å². The highest BCUT2D eigenvalue weighted by molar-refractivity contribution is 6.22. The number of rotatable bonds is 2. The van der Waals surface area contributed by atoms with Gasteiger partial charge in [-0.05, 0) is 90.9 Å². The van der Waals surface area contributed by atoms with Crippen LogP contribution >= 0.6 is 0 Å². The summed E-state index contributed by atoms with van der Waals surface area (Å²) < 4.78 is 145. The van der Waals surface area contributed by atoms with E-state index in [1.165, 1.54) is 0 Å². The van der Waals surface area contributed by atoms with Crippen molar-refractivity contribution in [1.29, 1.82) is 0 Å². The Balaban J connectivity index is 1.54. The summed E-state index contributed by atoms with van der Waals surface area (Å²) in [5.74, 6) is 0. The fraction of sp³-hybridized carbons (Fsp3) is 0. The van der Waals surface area contributed by atoms with E-state index >= 15 is 0 Å².